The minimum Gasteiger partial charge on any atom is -0.383 e. The Morgan fingerprint density at radius 1 is 1.59 bits per heavy atom. The molecule has 2 rings (SSSR count). The van der Waals surface area contributed by atoms with Gasteiger partial charge < -0.3 is 10.1 Å². The van der Waals surface area contributed by atoms with E-state index in [0.717, 1.165) is 23.2 Å². The summed E-state index contributed by atoms with van der Waals surface area (Å²) in [6, 6.07) is 2.12. The molecule has 17 heavy (non-hydrogen) atoms. The zero-order valence-electron chi connectivity index (χ0n) is 9.52. The third kappa shape index (κ3) is 3.83. The normalized spacial score (nSPS) is 10.7. The average Bonchev–Trinajstić information content (AvgIpc) is 2.93. The van der Waals surface area contributed by atoms with Gasteiger partial charge in [-0.25, -0.2) is 0 Å². The van der Waals surface area contributed by atoms with Crippen molar-refractivity contribution in [3.8, 4) is 0 Å². The number of methoxy groups -OCH3 is 1. The van der Waals surface area contributed by atoms with Gasteiger partial charge in [-0.05, 0) is 22.0 Å². The highest BCUT2D eigenvalue weighted by Gasteiger charge is 2.00. The molecular weight excluding hydrogens is 302 g/mol. The Bertz CT molecular complexity index is 469. The molecule has 0 amide bonds. The van der Waals surface area contributed by atoms with Crippen LogP contribution >= 0.6 is 27.3 Å². The first kappa shape index (κ1) is 12.6. The molecule has 6 heteroatoms. The molecule has 0 unspecified atom stereocenters. The van der Waals surface area contributed by atoms with E-state index in [1.807, 2.05) is 17.1 Å². The van der Waals surface area contributed by atoms with Crippen molar-refractivity contribution >= 4 is 33.0 Å². The summed E-state index contributed by atoms with van der Waals surface area (Å²) in [5, 5.41) is 9.66. The molecule has 0 spiro atoms. The van der Waals surface area contributed by atoms with Crippen LogP contribution in [0.2, 0.25) is 0 Å². The van der Waals surface area contributed by atoms with E-state index < -0.39 is 0 Å². The van der Waals surface area contributed by atoms with Gasteiger partial charge in [0.25, 0.3) is 0 Å². The van der Waals surface area contributed by atoms with Gasteiger partial charge in [-0.15, -0.1) is 11.3 Å². The van der Waals surface area contributed by atoms with Crippen molar-refractivity contribution in [3.63, 3.8) is 0 Å². The van der Waals surface area contributed by atoms with E-state index in [0.29, 0.717) is 6.61 Å². The highest BCUT2D eigenvalue weighted by molar-refractivity contribution is 9.10. The number of rotatable bonds is 6. The summed E-state index contributed by atoms with van der Waals surface area (Å²) < 4.78 is 8.01. The van der Waals surface area contributed by atoms with Gasteiger partial charge in [0.05, 0.1) is 25.0 Å². The number of ether oxygens (including phenoxy) is 1. The minimum absolute atomic E-state index is 0.680. The van der Waals surface area contributed by atoms with E-state index in [4.69, 9.17) is 4.74 Å². The summed E-state index contributed by atoms with van der Waals surface area (Å²) in [5.74, 6) is 0. The fourth-order valence-electron chi connectivity index (χ4n) is 1.40. The lowest BCUT2D eigenvalue weighted by atomic mass is 10.4. The summed E-state index contributed by atoms with van der Waals surface area (Å²) in [7, 11) is 1.69. The zero-order chi connectivity index (χ0) is 12.1. The minimum atomic E-state index is 0.680. The molecule has 0 saturated carbocycles. The Labute approximate surface area is 113 Å². The van der Waals surface area contributed by atoms with Gasteiger partial charge in [0, 0.05) is 34.6 Å². The molecule has 0 saturated heterocycles. The molecule has 2 aromatic rings. The molecular formula is C11H14BrN3OS. The number of hydrogen-bond donors (Lipinski definition) is 1. The third-order valence-electron chi connectivity index (χ3n) is 2.25. The molecule has 0 aliphatic rings. The fraction of sp³-hybridized carbons (Fsp3) is 0.364. The van der Waals surface area contributed by atoms with Crippen LogP contribution in [-0.4, -0.2) is 23.5 Å². The predicted octanol–water partition coefficient (Wildman–Crippen LogP) is 2.97. The van der Waals surface area contributed by atoms with E-state index in [1.165, 1.54) is 4.88 Å². The lowest BCUT2D eigenvalue weighted by molar-refractivity contribution is 0.183. The molecule has 0 aliphatic heterocycles. The Morgan fingerprint density at radius 2 is 2.47 bits per heavy atom. The molecule has 92 valence electrons. The van der Waals surface area contributed by atoms with Crippen LogP contribution in [0.4, 0.5) is 5.69 Å². The van der Waals surface area contributed by atoms with Crippen LogP contribution in [0.1, 0.15) is 4.88 Å². The first-order valence-corrected chi connectivity index (χ1v) is 6.93. The van der Waals surface area contributed by atoms with E-state index in [1.54, 1.807) is 18.4 Å². The molecule has 0 aromatic carbocycles. The van der Waals surface area contributed by atoms with Crippen molar-refractivity contribution in [3.05, 3.63) is 33.2 Å². The molecule has 2 heterocycles. The Morgan fingerprint density at radius 3 is 3.18 bits per heavy atom. The highest BCUT2D eigenvalue weighted by atomic mass is 79.9. The van der Waals surface area contributed by atoms with E-state index in [9.17, 15) is 0 Å². The molecule has 0 fully saturated rings. The Balaban J connectivity index is 1.84. The van der Waals surface area contributed by atoms with Crippen LogP contribution in [-0.2, 0) is 17.8 Å². The summed E-state index contributed by atoms with van der Waals surface area (Å²) in [4.78, 5) is 1.29. The average molecular weight is 316 g/mol. The van der Waals surface area contributed by atoms with E-state index >= 15 is 0 Å². The van der Waals surface area contributed by atoms with Gasteiger partial charge in [0.2, 0.25) is 0 Å². The summed E-state index contributed by atoms with van der Waals surface area (Å²) in [6.07, 6.45) is 3.82. The van der Waals surface area contributed by atoms with Gasteiger partial charge in [-0.1, -0.05) is 0 Å². The second-order valence-corrected chi connectivity index (χ2v) is 5.48. The topological polar surface area (TPSA) is 39.1 Å². The number of halogens is 1. The Kier molecular flexibility index (Phi) is 4.58. The molecule has 0 bridgehead atoms. The smallest absolute Gasteiger partial charge is 0.0729 e. The van der Waals surface area contributed by atoms with Crippen molar-refractivity contribution in [1.29, 1.82) is 0 Å². The molecule has 2 aromatic heterocycles. The van der Waals surface area contributed by atoms with E-state index in [-0.39, 0.29) is 0 Å². The van der Waals surface area contributed by atoms with Crippen LogP contribution in [0.25, 0.3) is 0 Å². The zero-order valence-corrected chi connectivity index (χ0v) is 11.9. The second-order valence-electron chi connectivity index (χ2n) is 3.57. The fourth-order valence-corrected chi connectivity index (χ4v) is 2.79. The first-order valence-electron chi connectivity index (χ1n) is 5.26. The molecule has 0 radical (unpaired) electrons. The third-order valence-corrected chi connectivity index (χ3v) is 3.94. The molecule has 4 nitrogen and oxygen atoms in total. The van der Waals surface area contributed by atoms with Crippen LogP contribution in [0.5, 0.6) is 0 Å². The Hall–Kier alpha value is -0.850. The summed E-state index contributed by atoms with van der Waals surface area (Å²) in [6.45, 7) is 2.29. The number of anilines is 1. The SMILES string of the molecule is COCCn1cc(NCc2cc(Br)cs2)cn1. The van der Waals surface area contributed by atoms with Crippen molar-refractivity contribution in [2.45, 2.75) is 13.1 Å². The first-order chi connectivity index (χ1) is 8.28. The number of nitrogens with zero attached hydrogens (tertiary/aromatic N) is 2. The van der Waals surface area contributed by atoms with E-state index in [2.05, 4.69) is 37.8 Å². The van der Waals surface area contributed by atoms with Gasteiger partial charge in [0.1, 0.15) is 0 Å². The van der Waals surface area contributed by atoms with Crippen molar-refractivity contribution in [2.24, 2.45) is 0 Å². The van der Waals surface area contributed by atoms with Gasteiger partial charge in [-0.3, -0.25) is 4.68 Å². The predicted molar refractivity (Wildman–Crippen MR) is 73.4 cm³/mol. The molecule has 0 aliphatic carbocycles. The second kappa shape index (κ2) is 6.18. The van der Waals surface area contributed by atoms with Gasteiger partial charge >= 0.3 is 0 Å². The maximum Gasteiger partial charge on any atom is 0.0729 e. The lowest BCUT2D eigenvalue weighted by Crippen LogP contribution is -2.04. The number of nitrogens with one attached hydrogen (secondary N) is 1. The maximum absolute atomic E-state index is 5.00. The van der Waals surface area contributed by atoms with Gasteiger partial charge in [-0.2, -0.15) is 5.10 Å². The number of thiophene rings is 1. The standard InChI is InChI=1S/C11H14BrN3OS/c1-16-3-2-15-7-10(5-14-15)13-6-11-4-9(12)8-17-11/h4-5,7-8,13H,2-3,6H2,1H3. The number of aromatic nitrogens is 2. The summed E-state index contributed by atoms with van der Waals surface area (Å²) in [5.41, 5.74) is 1.03. The van der Waals surface area contributed by atoms with Crippen LogP contribution in [0, 0.1) is 0 Å². The van der Waals surface area contributed by atoms with Crippen molar-refractivity contribution in [2.75, 3.05) is 19.0 Å². The summed E-state index contributed by atoms with van der Waals surface area (Å²) >= 11 is 5.18. The highest BCUT2D eigenvalue weighted by Crippen LogP contribution is 2.20. The van der Waals surface area contributed by atoms with Crippen molar-refractivity contribution in [1.82, 2.24) is 9.78 Å². The maximum atomic E-state index is 5.00. The van der Waals surface area contributed by atoms with Gasteiger partial charge in [0.15, 0.2) is 0 Å². The largest absolute Gasteiger partial charge is 0.383 e. The monoisotopic (exact) mass is 315 g/mol. The van der Waals surface area contributed by atoms with Crippen LogP contribution in [0.3, 0.4) is 0 Å². The number of hydrogen-bond acceptors (Lipinski definition) is 4. The van der Waals surface area contributed by atoms with Crippen LogP contribution in [0.15, 0.2) is 28.3 Å². The molecule has 0 atom stereocenters. The van der Waals surface area contributed by atoms with Crippen molar-refractivity contribution < 1.29 is 4.74 Å². The molecule has 1 N–H and O–H groups in total. The van der Waals surface area contributed by atoms with Crippen LogP contribution < -0.4 is 5.32 Å². The quantitative estimate of drug-likeness (QED) is 0.890. The lowest BCUT2D eigenvalue weighted by Gasteiger charge is -2.00.